The van der Waals surface area contributed by atoms with Crippen LogP contribution in [0.2, 0.25) is 5.02 Å². The number of carbonyl (C=O) groups excluding carboxylic acids is 1. The zero-order valence-corrected chi connectivity index (χ0v) is 22.0. The van der Waals surface area contributed by atoms with Crippen molar-refractivity contribution in [2.75, 3.05) is 18.4 Å². The second kappa shape index (κ2) is 10.3. The number of imidazole rings is 1. The molecule has 196 valence electrons. The number of ether oxygens (including phenoxy) is 1. The maximum Gasteiger partial charge on any atom is 0.245 e. The van der Waals surface area contributed by atoms with Crippen LogP contribution in [0.1, 0.15) is 24.5 Å². The number of aromatic nitrogens is 6. The first-order chi connectivity index (χ1) is 19.0. The van der Waals surface area contributed by atoms with E-state index in [1.165, 1.54) is 12.4 Å². The highest BCUT2D eigenvalue weighted by Gasteiger charge is 2.24. The summed E-state index contributed by atoms with van der Waals surface area (Å²) >= 11 is 6.57. The Balaban J connectivity index is 1.20. The number of rotatable bonds is 6. The van der Waals surface area contributed by atoms with E-state index in [9.17, 15) is 4.79 Å². The number of carbonyl (C=O) groups is 1. The number of amides is 1. The van der Waals surface area contributed by atoms with E-state index >= 15 is 0 Å². The Morgan fingerprint density at radius 3 is 2.74 bits per heavy atom. The number of halogens is 1. The van der Waals surface area contributed by atoms with Crippen molar-refractivity contribution in [3.05, 3.63) is 78.6 Å². The second-order valence-corrected chi connectivity index (χ2v) is 9.78. The van der Waals surface area contributed by atoms with E-state index in [0.717, 1.165) is 40.9 Å². The van der Waals surface area contributed by atoms with Crippen LogP contribution in [0.5, 0.6) is 11.5 Å². The predicted molar refractivity (Wildman–Crippen MR) is 149 cm³/mol. The molecule has 0 radical (unpaired) electrons. The summed E-state index contributed by atoms with van der Waals surface area (Å²) < 4.78 is 7.82. The van der Waals surface area contributed by atoms with Gasteiger partial charge in [0.05, 0.1) is 23.1 Å². The zero-order valence-electron chi connectivity index (χ0n) is 21.2. The van der Waals surface area contributed by atoms with Gasteiger partial charge in [-0.1, -0.05) is 18.2 Å². The average molecular weight is 541 g/mol. The fourth-order valence-electron chi connectivity index (χ4n) is 4.78. The molecular weight excluding hydrogens is 516 g/mol. The van der Waals surface area contributed by atoms with Crippen molar-refractivity contribution in [1.29, 1.82) is 0 Å². The van der Waals surface area contributed by atoms with Crippen LogP contribution in [-0.2, 0) is 11.8 Å². The number of piperidine rings is 1. The highest BCUT2D eigenvalue weighted by Crippen LogP contribution is 2.34. The van der Waals surface area contributed by atoms with Crippen molar-refractivity contribution in [2.45, 2.75) is 18.8 Å². The van der Waals surface area contributed by atoms with E-state index in [4.69, 9.17) is 21.3 Å². The van der Waals surface area contributed by atoms with Crippen molar-refractivity contribution in [2.24, 2.45) is 7.05 Å². The van der Waals surface area contributed by atoms with Crippen LogP contribution in [0.25, 0.3) is 22.2 Å². The molecule has 39 heavy (non-hydrogen) atoms. The van der Waals surface area contributed by atoms with Crippen LogP contribution >= 0.6 is 11.6 Å². The molecule has 5 heterocycles. The highest BCUT2D eigenvalue weighted by atomic mass is 35.5. The molecular formula is C28H25ClN8O2. The number of hydrogen-bond donors (Lipinski definition) is 1. The lowest BCUT2D eigenvalue weighted by Gasteiger charge is -2.31. The van der Waals surface area contributed by atoms with Gasteiger partial charge in [-0.3, -0.25) is 4.79 Å². The van der Waals surface area contributed by atoms with Crippen LogP contribution in [0.4, 0.5) is 11.5 Å². The number of likely N-dealkylation sites (tertiary alicyclic amines) is 1. The summed E-state index contributed by atoms with van der Waals surface area (Å²) in [6.45, 7) is 4.96. The first-order valence-corrected chi connectivity index (χ1v) is 12.9. The van der Waals surface area contributed by atoms with Gasteiger partial charge in [0.1, 0.15) is 28.9 Å². The molecule has 0 saturated carbocycles. The summed E-state index contributed by atoms with van der Waals surface area (Å²) in [7, 11) is 1.89. The molecule has 0 bridgehead atoms. The van der Waals surface area contributed by atoms with Gasteiger partial charge in [0, 0.05) is 43.5 Å². The Bertz CT molecular complexity index is 1710. The van der Waals surface area contributed by atoms with Crippen molar-refractivity contribution in [1.82, 2.24) is 34.4 Å². The Morgan fingerprint density at radius 2 is 1.95 bits per heavy atom. The molecule has 0 atom stereocenters. The maximum absolute atomic E-state index is 11.9. The van der Waals surface area contributed by atoms with E-state index in [1.54, 1.807) is 24.7 Å². The molecule has 0 aliphatic carbocycles. The predicted octanol–water partition coefficient (Wildman–Crippen LogP) is 5.39. The van der Waals surface area contributed by atoms with Crippen LogP contribution in [0.15, 0.2) is 67.9 Å². The van der Waals surface area contributed by atoms with Crippen molar-refractivity contribution < 1.29 is 9.53 Å². The summed E-state index contributed by atoms with van der Waals surface area (Å²) in [4.78, 5) is 36.2. The largest absolute Gasteiger partial charge is 0.454 e. The van der Waals surface area contributed by atoms with E-state index in [0.29, 0.717) is 40.9 Å². The molecule has 0 unspecified atom stereocenters. The summed E-state index contributed by atoms with van der Waals surface area (Å²) in [5.74, 6) is 1.84. The molecule has 11 heteroatoms. The Morgan fingerprint density at radius 1 is 1.10 bits per heavy atom. The van der Waals surface area contributed by atoms with Gasteiger partial charge in [-0.25, -0.2) is 24.9 Å². The third kappa shape index (κ3) is 4.98. The number of anilines is 2. The number of nitrogens with zero attached hydrogens (tertiary/aromatic N) is 7. The van der Waals surface area contributed by atoms with E-state index in [1.807, 2.05) is 40.8 Å². The summed E-state index contributed by atoms with van der Waals surface area (Å²) in [5, 5.41) is 3.75. The van der Waals surface area contributed by atoms with Crippen molar-refractivity contribution in [3.8, 4) is 11.5 Å². The minimum Gasteiger partial charge on any atom is -0.454 e. The van der Waals surface area contributed by atoms with Gasteiger partial charge in [0.15, 0.2) is 11.5 Å². The molecule has 0 spiro atoms. The SMILES string of the molecule is C=CC(=O)N1CCC(c2ccc3ncnc(Nc4ccc(Oc5cnc6c(c5)ncn6C)c(Cl)c4)c3n2)CC1. The Kier molecular flexibility index (Phi) is 6.54. The topological polar surface area (TPSA) is 111 Å². The van der Waals surface area contributed by atoms with Crippen LogP contribution < -0.4 is 10.1 Å². The molecule has 1 saturated heterocycles. The minimum absolute atomic E-state index is 0.0270. The molecule has 1 N–H and O–H groups in total. The molecule has 1 aliphatic heterocycles. The second-order valence-electron chi connectivity index (χ2n) is 9.37. The number of aryl methyl sites for hydroxylation is 1. The van der Waals surface area contributed by atoms with E-state index in [2.05, 4.69) is 31.8 Å². The Labute approximate surface area is 229 Å². The first kappa shape index (κ1) is 24.7. The van der Waals surface area contributed by atoms with E-state index < -0.39 is 0 Å². The molecule has 1 amide bonds. The van der Waals surface area contributed by atoms with Gasteiger partial charge in [0.25, 0.3) is 0 Å². The van der Waals surface area contributed by atoms with Crippen LogP contribution in [0.3, 0.4) is 0 Å². The molecule has 1 aromatic carbocycles. The van der Waals surface area contributed by atoms with Gasteiger partial charge < -0.3 is 19.5 Å². The van der Waals surface area contributed by atoms with Gasteiger partial charge in [-0.2, -0.15) is 0 Å². The monoisotopic (exact) mass is 540 g/mol. The quantitative estimate of drug-likeness (QED) is 0.285. The molecule has 6 rings (SSSR count). The lowest BCUT2D eigenvalue weighted by Crippen LogP contribution is -2.36. The maximum atomic E-state index is 11.9. The number of nitrogens with one attached hydrogen (secondary N) is 1. The summed E-state index contributed by atoms with van der Waals surface area (Å²) in [5.41, 5.74) is 4.61. The number of hydrogen-bond acceptors (Lipinski definition) is 8. The van der Waals surface area contributed by atoms with E-state index in [-0.39, 0.29) is 11.8 Å². The van der Waals surface area contributed by atoms with Crippen LogP contribution in [-0.4, -0.2) is 53.4 Å². The molecule has 4 aromatic heterocycles. The average Bonchev–Trinajstić information content (AvgIpc) is 3.34. The lowest BCUT2D eigenvalue weighted by molar-refractivity contribution is -0.127. The lowest BCUT2D eigenvalue weighted by atomic mass is 9.93. The molecule has 5 aromatic rings. The summed E-state index contributed by atoms with van der Waals surface area (Å²) in [6, 6.07) is 11.2. The normalized spacial score (nSPS) is 14.1. The minimum atomic E-state index is -0.0270. The summed E-state index contributed by atoms with van der Waals surface area (Å²) in [6.07, 6.45) is 7.91. The van der Waals surface area contributed by atoms with Crippen molar-refractivity contribution >= 4 is 51.2 Å². The fourth-order valence-corrected chi connectivity index (χ4v) is 5.00. The first-order valence-electron chi connectivity index (χ1n) is 12.5. The van der Waals surface area contributed by atoms with Gasteiger partial charge in [-0.05, 0) is 49.2 Å². The third-order valence-electron chi connectivity index (χ3n) is 6.85. The standard InChI is InChI=1S/C28H25ClN8O2/c1-3-25(38)37-10-8-17(9-11-37)21-5-6-22-26(35-21)27(32-15-31-22)34-18-4-7-24(20(29)12-18)39-19-13-23-28(30-14-19)36(2)16-33-23/h3-7,12-17H,1,8-11H2,2H3,(H,31,32,34). The fraction of sp³-hybridized carbons (Fsp3) is 0.214. The zero-order chi connectivity index (χ0) is 26.9. The number of benzene rings is 1. The third-order valence-corrected chi connectivity index (χ3v) is 7.15. The smallest absolute Gasteiger partial charge is 0.245 e. The molecule has 1 aliphatic rings. The van der Waals surface area contributed by atoms with Gasteiger partial charge in [-0.15, -0.1) is 0 Å². The molecule has 10 nitrogen and oxygen atoms in total. The number of fused-ring (bicyclic) bond motifs is 2. The van der Waals surface area contributed by atoms with Gasteiger partial charge in [0.2, 0.25) is 5.91 Å². The number of pyridine rings is 2. The van der Waals surface area contributed by atoms with Crippen molar-refractivity contribution in [3.63, 3.8) is 0 Å². The Hall–Kier alpha value is -4.57. The van der Waals surface area contributed by atoms with Gasteiger partial charge >= 0.3 is 0 Å². The highest BCUT2D eigenvalue weighted by molar-refractivity contribution is 6.32. The molecule has 1 fully saturated rings. The van der Waals surface area contributed by atoms with Crippen LogP contribution in [0, 0.1) is 0 Å².